The summed E-state index contributed by atoms with van der Waals surface area (Å²) in [5.41, 5.74) is 4.36. The second kappa shape index (κ2) is 4.14. The summed E-state index contributed by atoms with van der Waals surface area (Å²) in [5, 5.41) is 0. The Labute approximate surface area is 82.7 Å². The lowest BCUT2D eigenvalue weighted by Gasteiger charge is -2.15. The van der Waals surface area contributed by atoms with Crippen molar-refractivity contribution in [3.05, 3.63) is 35.4 Å². The maximum absolute atomic E-state index is 13.0. The van der Waals surface area contributed by atoms with Crippen molar-refractivity contribution in [2.45, 2.75) is 18.6 Å². The molecule has 0 aromatic heterocycles. The van der Waals surface area contributed by atoms with Crippen molar-refractivity contribution in [2.75, 3.05) is 0 Å². The van der Waals surface area contributed by atoms with Gasteiger partial charge in [0.05, 0.1) is 6.42 Å². The van der Waals surface area contributed by atoms with E-state index in [1.54, 1.807) is 0 Å². The first-order valence-electron chi connectivity index (χ1n) is 4.07. The fourth-order valence-corrected chi connectivity index (χ4v) is 1.22. The second-order valence-corrected chi connectivity index (χ2v) is 3.06. The Hall–Kier alpha value is -1.17. The van der Waals surface area contributed by atoms with E-state index in [1.165, 1.54) is 0 Å². The summed E-state index contributed by atoms with van der Waals surface area (Å²) in [5.74, 6) is -2.13. The van der Waals surface area contributed by atoms with Crippen molar-refractivity contribution in [2.24, 2.45) is 5.73 Å². The fraction of sp³-hybridized carbons (Fsp3) is 0.333. The average molecular weight is 225 g/mol. The molecule has 0 aliphatic carbocycles. The summed E-state index contributed by atoms with van der Waals surface area (Å²) >= 11 is 0. The van der Waals surface area contributed by atoms with E-state index < -0.39 is 35.8 Å². The van der Waals surface area contributed by atoms with Gasteiger partial charge in [0, 0.05) is 11.6 Å². The zero-order valence-electron chi connectivity index (χ0n) is 7.48. The number of hydrogen-bond donors (Lipinski definition) is 1. The molecule has 15 heavy (non-hydrogen) atoms. The van der Waals surface area contributed by atoms with Gasteiger partial charge in [-0.2, -0.15) is 13.2 Å². The van der Waals surface area contributed by atoms with Gasteiger partial charge in [0.2, 0.25) is 0 Å². The van der Waals surface area contributed by atoms with Crippen LogP contribution in [0.4, 0.5) is 22.0 Å². The standard InChI is InChI=1S/C9H8F5N/c10-5-2-1-3-6(11)8(5)7(15)4-9(12,13)14/h1-3,7H,4,15H2/t7-/m0/s1. The molecule has 0 saturated carbocycles. The highest BCUT2D eigenvalue weighted by molar-refractivity contribution is 5.23. The summed E-state index contributed by atoms with van der Waals surface area (Å²) < 4.78 is 61.8. The Morgan fingerprint density at radius 1 is 1.13 bits per heavy atom. The van der Waals surface area contributed by atoms with E-state index in [9.17, 15) is 22.0 Å². The molecular weight excluding hydrogens is 217 g/mol. The van der Waals surface area contributed by atoms with Crippen LogP contribution in [0.2, 0.25) is 0 Å². The van der Waals surface area contributed by atoms with Crippen molar-refractivity contribution < 1.29 is 22.0 Å². The first kappa shape index (κ1) is 11.9. The number of hydrogen-bond acceptors (Lipinski definition) is 1. The quantitative estimate of drug-likeness (QED) is 0.769. The lowest BCUT2D eigenvalue weighted by Crippen LogP contribution is -2.22. The molecule has 1 aromatic carbocycles. The van der Waals surface area contributed by atoms with Gasteiger partial charge in [-0.1, -0.05) is 6.07 Å². The number of nitrogens with two attached hydrogens (primary N) is 1. The topological polar surface area (TPSA) is 26.0 Å². The van der Waals surface area contributed by atoms with Crippen molar-refractivity contribution in [3.63, 3.8) is 0 Å². The summed E-state index contributed by atoms with van der Waals surface area (Å²) in [7, 11) is 0. The van der Waals surface area contributed by atoms with E-state index in [0.29, 0.717) is 0 Å². The van der Waals surface area contributed by atoms with Gasteiger partial charge in [-0.05, 0) is 12.1 Å². The highest BCUT2D eigenvalue weighted by Gasteiger charge is 2.32. The van der Waals surface area contributed by atoms with Crippen LogP contribution >= 0.6 is 0 Å². The lowest BCUT2D eigenvalue weighted by atomic mass is 10.0. The molecule has 1 atom stereocenters. The molecule has 1 rings (SSSR count). The lowest BCUT2D eigenvalue weighted by molar-refractivity contribution is -0.138. The Bertz CT molecular complexity index is 327. The summed E-state index contributed by atoms with van der Waals surface area (Å²) in [6.45, 7) is 0. The number of benzene rings is 1. The third-order valence-electron chi connectivity index (χ3n) is 1.82. The molecule has 1 nitrogen and oxygen atoms in total. The normalized spacial score (nSPS) is 14.0. The first-order valence-corrected chi connectivity index (χ1v) is 4.07. The molecule has 6 heteroatoms. The Kier molecular flexibility index (Phi) is 3.28. The third-order valence-corrected chi connectivity index (χ3v) is 1.82. The van der Waals surface area contributed by atoms with Gasteiger partial charge in [-0.15, -0.1) is 0 Å². The fourth-order valence-electron chi connectivity index (χ4n) is 1.22. The van der Waals surface area contributed by atoms with Gasteiger partial charge >= 0.3 is 6.18 Å². The molecule has 2 N–H and O–H groups in total. The van der Waals surface area contributed by atoms with Crippen LogP contribution < -0.4 is 5.73 Å². The van der Waals surface area contributed by atoms with Crippen molar-refractivity contribution in [1.29, 1.82) is 0 Å². The molecule has 84 valence electrons. The van der Waals surface area contributed by atoms with E-state index in [0.717, 1.165) is 18.2 Å². The van der Waals surface area contributed by atoms with E-state index in [2.05, 4.69) is 0 Å². The maximum Gasteiger partial charge on any atom is 0.390 e. The molecule has 0 bridgehead atoms. The number of halogens is 5. The predicted octanol–water partition coefficient (Wildman–Crippen LogP) is 2.92. The van der Waals surface area contributed by atoms with Crippen LogP contribution in [0.5, 0.6) is 0 Å². The third kappa shape index (κ3) is 3.16. The van der Waals surface area contributed by atoms with Crippen molar-refractivity contribution in [1.82, 2.24) is 0 Å². The van der Waals surface area contributed by atoms with Gasteiger partial charge in [0.15, 0.2) is 0 Å². The van der Waals surface area contributed by atoms with Crippen LogP contribution in [0, 0.1) is 11.6 Å². The minimum atomic E-state index is -4.55. The monoisotopic (exact) mass is 225 g/mol. The van der Waals surface area contributed by atoms with Gasteiger partial charge in [0.25, 0.3) is 0 Å². The highest BCUT2D eigenvalue weighted by Crippen LogP contribution is 2.30. The summed E-state index contributed by atoms with van der Waals surface area (Å²) in [6, 6.07) is 1.09. The van der Waals surface area contributed by atoms with Crippen LogP contribution in [-0.4, -0.2) is 6.18 Å². The van der Waals surface area contributed by atoms with Crippen molar-refractivity contribution in [3.8, 4) is 0 Å². The molecule has 0 fully saturated rings. The van der Waals surface area contributed by atoms with Gasteiger partial charge in [-0.3, -0.25) is 0 Å². The van der Waals surface area contributed by atoms with Crippen LogP contribution in [-0.2, 0) is 0 Å². The van der Waals surface area contributed by atoms with Crippen LogP contribution in [0.1, 0.15) is 18.0 Å². The van der Waals surface area contributed by atoms with Gasteiger partial charge < -0.3 is 5.73 Å². The minimum Gasteiger partial charge on any atom is -0.323 e. The van der Waals surface area contributed by atoms with Gasteiger partial charge in [0.1, 0.15) is 11.6 Å². The Morgan fingerprint density at radius 2 is 1.60 bits per heavy atom. The Balaban J connectivity index is 2.96. The van der Waals surface area contributed by atoms with Crippen LogP contribution in [0.3, 0.4) is 0 Å². The largest absolute Gasteiger partial charge is 0.390 e. The zero-order chi connectivity index (χ0) is 11.6. The number of alkyl halides is 3. The van der Waals surface area contributed by atoms with E-state index in [4.69, 9.17) is 5.73 Å². The molecule has 1 aromatic rings. The molecule has 0 aliphatic rings. The Morgan fingerprint density at radius 3 is 2.00 bits per heavy atom. The molecule has 0 spiro atoms. The van der Waals surface area contributed by atoms with Crippen molar-refractivity contribution >= 4 is 0 Å². The van der Waals surface area contributed by atoms with Crippen LogP contribution in [0.25, 0.3) is 0 Å². The smallest absolute Gasteiger partial charge is 0.323 e. The average Bonchev–Trinajstić information content (AvgIpc) is 1.99. The molecule has 0 heterocycles. The molecule has 0 radical (unpaired) electrons. The maximum atomic E-state index is 13.0. The molecule has 0 unspecified atom stereocenters. The SMILES string of the molecule is N[C@@H](CC(F)(F)F)c1c(F)cccc1F. The predicted molar refractivity (Wildman–Crippen MR) is 44.0 cm³/mol. The van der Waals surface area contributed by atoms with E-state index in [1.807, 2.05) is 0 Å². The van der Waals surface area contributed by atoms with E-state index >= 15 is 0 Å². The zero-order valence-corrected chi connectivity index (χ0v) is 7.48. The summed E-state index contributed by atoms with van der Waals surface area (Å²) in [4.78, 5) is 0. The highest BCUT2D eigenvalue weighted by atomic mass is 19.4. The number of rotatable bonds is 2. The molecular formula is C9H8F5N. The molecule has 0 saturated heterocycles. The first-order chi connectivity index (χ1) is 6.81. The van der Waals surface area contributed by atoms with Gasteiger partial charge in [-0.25, -0.2) is 8.78 Å². The minimum absolute atomic E-state index is 0.727. The van der Waals surface area contributed by atoms with E-state index in [-0.39, 0.29) is 0 Å². The molecule has 0 aliphatic heterocycles. The summed E-state index contributed by atoms with van der Waals surface area (Å²) in [6.07, 6.45) is -6.00. The molecule has 0 amide bonds. The second-order valence-electron chi connectivity index (χ2n) is 3.06. The van der Waals surface area contributed by atoms with Crippen LogP contribution in [0.15, 0.2) is 18.2 Å².